The summed E-state index contributed by atoms with van der Waals surface area (Å²) in [5, 5.41) is 7.37. The van der Waals surface area contributed by atoms with Crippen LogP contribution in [-0.2, 0) is 5.75 Å². The topological polar surface area (TPSA) is 69.8 Å². The highest BCUT2D eigenvalue weighted by Gasteiger charge is 2.18. The molecule has 2 aromatic carbocycles. The third kappa shape index (κ3) is 5.41. The first kappa shape index (κ1) is 22.6. The fraction of sp³-hybridized carbons (Fsp3) is 0.300. The summed E-state index contributed by atoms with van der Waals surface area (Å²) < 4.78 is 0. The molecule has 1 aliphatic heterocycles. The van der Waals surface area contributed by atoms with E-state index in [0.717, 1.165) is 53.2 Å². The molecular formula is C20H24Cl2N4OS. The Kier molecular flexibility index (Phi) is 8.63. The van der Waals surface area contributed by atoms with Gasteiger partial charge < -0.3 is 15.6 Å². The SMILES string of the molecule is Cl.Cl.O=C(NC1CCCNC1)c1ccccc1CSc1nc2ccccc2[nH]1. The van der Waals surface area contributed by atoms with Crippen molar-refractivity contribution in [1.29, 1.82) is 0 Å². The number of carbonyl (C=O) groups excluding carboxylic acids is 1. The molecule has 0 bridgehead atoms. The van der Waals surface area contributed by atoms with Crippen molar-refractivity contribution in [3.8, 4) is 0 Å². The number of imidazole rings is 1. The molecule has 3 aromatic rings. The smallest absolute Gasteiger partial charge is 0.251 e. The predicted octanol–water partition coefficient (Wildman–Crippen LogP) is 4.18. The summed E-state index contributed by atoms with van der Waals surface area (Å²) in [6.45, 7) is 1.89. The van der Waals surface area contributed by atoms with Crippen LogP contribution in [0.15, 0.2) is 53.7 Å². The van der Waals surface area contributed by atoms with Crippen LogP contribution in [0.25, 0.3) is 11.0 Å². The molecule has 1 aromatic heterocycles. The Bertz CT molecular complexity index is 879. The number of nitrogens with one attached hydrogen (secondary N) is 3. The molecule has 1 atom stereocenters. The molecule has 150 valence electrons. The molecule has 2 heterocycles. The normalized spacial score (nSPS) is 16.1. The molecule has 3 N–H and O–H groups in total. The van der Waals surface area contributed by atoms with E-state index in [2.05, 4.69) is 20.6 Å². The van der Waals surface area contributed by atoms with E-state index in [1.165, 1.54) is 0 Å². The lowest BCUT2D eigenvalue weighted by molar-refractivity contribution is 0.0930. The van der Waals surface area contributed by atoms with Gasteiger partial charge in [-0.25, -0.2) is 4.98 Å². The number of aromatic nitrogens is 2. The Hall–Kier alpha value is -1.73. The van der Waals surface area contributed by atoms with Gasteiger partial charge in [-0.1, -0.05) is 42.1 Å². The zero-order valence-electron chi connectivity index (χ0n) is 15.3. The summed E-state index contributed by atoms with van der Waals surface area (Å²) in [6, 6.07) is 16.0. The van der Waals surface area contributed by atoms with E-state index in [-0.39, 0.29) is 36.8 Å². The van der Waals surface area contributed by atoms with Crippen LogP contribution in [0.3, 0.4) is 0 Å². The molecule has 0 aliphatic carbocycles. The van der Waals surface area contributed by atoms with Crippen LogP contribution in [0, 0.1) is 0 Å². The summed E-state index contributed by atoms with van der Waals surface area (Å²) >= 11 is 1.62. The number of H-pyrrole nitrogens is 1. The van der Waals surface area contributed by atoms with Crippen molar-refractivity contribution in [1.82, 2.24) is 20.6 Å². The molecule has 1 aliphatic rings. The maximum absolute atomic E-state index is 12.7. The first-order valence-electron chi connectivity index (χ1n) is 8.96. The van der Waals surface area contributed by atoms with Gasteiger partial charge in [-0.15, -0.1) is 24.8 Å². The maximum Gasteiger partial charge on any atom is 0.251 e. The van der Waals surface area contributed by atoms with Crippen molar-refractivity contribution in [2.45, 2.75) is 29.8 Å². The van der Waals surface area contributed by atoms with Crippen molar-refractivity contribution in [3.05, 3.63) is 59.7 Å². The second-order valence-electron chi connectivity index (χ2n) is 6.52. The quantitative estimate of drug-likeness (QED) is 0.522. The minimum absolute atomic E-state index is 0. The second-order valence-corrected chi connectivity index (χ2v) is 7.49. The predicted molar refractivity (Wildman–Crippen MR) is 120 cm³/mol. The van der Waals surface area contributed by atoms with Crippen molar-refractivity contribution < 1.29 is 4.79 Å². The molecule has 0 radical (unpaired) electrons. The van der Waals surface area contributed by atoms with Gasteiger partial charge in [0.25, 0.3) is 5.91 Å². The highest BCUT2D eigenvalue weighted by atomic mass is 35.5. The van der Waals surface area contributed by atoms with Gasteiger partial charge in [-0.3, -0.25) is 4.79 Å². The largest absolute Gasteiger partial charge is 0.348 e. The van der Waals surface area contributed by atoms with E-state index in [9.17, 15) is 4.79 Å². The molecule has 5 nitrogen and oxygen atoms in total. The Morgan fingerprint density at radius 2 is 1.93 bits per heavy atom. The molecule has 4 rings (SSSR count). The number of piperidine rings is 1. The molecule has 1 unspecified atom stereocenters. The molecule has 1 fully saturated rings. The van der Waals surface area contributed by atoms with Crippen LogP contribution in [0.5, 0.6) is 0 Å². The van der Waals surface area contributed by atoms with Crippen molar-refractivity contribution in [3.63, 3.8) is 0 Å². The minimum Gasteiger partial charge on any atom is -0.348 e. The Balaban J connectivity index is 0.00000140. The van der Waals surface area contributed by atoms with E-state index in [1.807, 2.05) is 48.5 Å². The molecule has 0 spiro atoms. The van der Waals surface area contributed by atoms with Crippen LogP contribution in [-0.4, -0.2) is 35.0 Å². The standard InChI is InChI=1S/C20H22N4OS.2ClH/c25-19(22-15-7-5-11-21-12-15)16-8-2-1-6-14(16)13-26-20-23-17-9-3-4-10-18(17)24-20;;/h1-4,6,8-10,15,21H,5,7,11-13H2,(H,22,25)(H,23,24);2*1H. The number of thioether (sulfide) groups is 1. The molecule has 8 heteroatoms. The van der Waals surface area contributed by atoms with Crippen molar-refractivity contribution in [2.24, 2.45) is 0 Å². The van der Waals surface area contributed by atoms with Gasteiger partial charge in [0.1, 0.15) is 0 Å². The van der Waals surface area contributed by atoms with Crippen LogP contribution in [0.2, 0.25) is 0 Å². The number of carbonyl (C=O) groups is 1. The van der Waals surface area contributed by atoms with E-state index in [0.29, 0.717) is 5.75 Å². The monoisotopic (exact) mass is 438 g/mol. The van der Waals surface area contributed by atoms with Crippen LogP contribution in [0.1, 0.15) is 28.8 Å². The fourth-order valence-electron chi connectivity index (χ4n) is 3.25. The summed E-state index contributed by atoms with van der Waals surface area (Å²) in [7, 11) is 0. The second kappa shape index (κ2) is 10.7. The first-order valence-corrected chi connectivity index (χ1v) is 9.95. The Morgan fingerprint density at radius 1 is 1.14 bits per heavy atom. The number of nitrogens with zero attached hydrogens (tertiary/aromatic N) is 1. The lowest BCUT2D eigenvalue weighted by Gasteiger charge is -2.24. The summed E-state index contributed by atoms with van der Waals surface area (Å²) in [5.74, 6) is 0.714. The van der Waals surface area contributed by atoms with Crippen molar-refractivity contribution >= 4 is 53.5 Å². The maximum atomic E-state index is 12.7. The van der Waals surface area contributed by atoms with Crippen LogP contribution in [0.4, 0.5) is 0 Å². The molecule has 0 saturated carbocycles. The highest BCUT2D eigenvalue weighted by molar-refractivity contribution is 7.98. The summed E-state index contributed by atoms with van der Waals surface area (Å²) in [5.41, 5.74) is 3.78. The first-order chi connectivity index (χ1) is 12.8. The Labute approximate surface area is 181 Å². The average molecular weight is 439 g/mol. The van der Waals surface area contributed by atoms with Gasteiger partial charge in [-0.05, 0) is 43.1 Å². The number of halogens is 2. The van der Waals surface area contributed by atoms with Crippen LogP contribution < -0.4 is 10.6 Å². The number of amides is 1. The minimum atomic E-state index is 0. The van der Waals surface area contributed by atoms with E-state index >= 15 is 0 Å². The molecule has 28 heavy (non-hydrogen) atoms. The van der Waals surface area contributed by atoms with E-state index in [4.69, 9.17) is 0 Å². The molecule has 1 amide bonds. The number of hydrogen-bond acceptors (Lipinski definition) is 4. The van der Waals surface area contributed by atoms with Gasteiger partial charge in [0.15, 0.2) is 5.16 Å². The zero-order chi connectivity index (χ0) is 17.8. The van der Waals surface area contributed by atoms with Gasteiger partial charge in [0.05, 0.1) is 11.0 Å². The van der Waals surface area contributed by atoms with Crippen molar-refractivity contribution in [2.75, 3.05) is 13.1 Å². The van der Waals surface area contributed by atoms with E-state index in [1.54, 1.807) is 11.8 Å². The highest BCUT2D eigenvalue weighted by Crippen LogP contribution is 2.24. The zero-order valence-corrected chi connectivity index (χ0v) is 17.8. The van der Waals surface area contributed by atoms with Gasteiger partial charge in [-0.2, -0.15) is 0 Å². The molecule has 1 saturated heterocycles. The number of para-hydroxylation sites is 2. The number of benzene rings is 2. The average Bonchev–Trinajstić information content (AvgIpc) is 3.10. The fourth-order valence-corrected chi connectivity index (χ4v) is 4.14. The van der Waals surface area contributed by atoms with Gasteiger partial charge >= 0.3 is 0 Å². The summed E-state index contributed by atoms with van der Waals surface area (Å²) in [6.07, 6.45) is 2.14. The third-order valence-corrected chi connectivity index (χ3v) is 5.55. The van der Waals surface area contributed by atoms with E-state index < -0.39 is 0 Å². The number of hydrogen-bond donors (Lipinski definition) is 3. The van der Waals surface area contributed by atoms with Gasteiger partial charge in [0, 0.05) is 23.9 Å². The van der Waals surface area contributed by atoms with Crippen LogP contribution >= 0.6 is 36.6 Å². The number of aromatic amines is 1. The number of rotatable bonds is 5. The lowest BCUT2D eigenvalue weighted by atomic mass is 10.1. The van der Waals surface area contributed by atoms with Gasteiger partial charge in [0.2, 0.25) is 0 Å². The lowest BCUT2D eigenvalue weighted by Crippen LogP contribution is -2.45. The third-order valence-electron chi connectivity index (χ3n) is 4.63. The molecular weight excluding hydrogens is 415 g/mol. The Morgan fingerprint density at radius 3 is 2.71 bits per heavy atom. The summed E-state index contributed by atoms with van der Waals surface area (Å²) in [4.78, 5) is 20.6. The number of fused-ring (bicyclic) bond motifs is 1.